The molecule has 3 atom stereocenters. The molecular weight excluding hydrogens is 420 g/mol. The van der Waals surface area contributed by atoms with Crippen molar-refractivity contribution in [1.82, 2.24) is 14.5 Å². The van der Waals surface area contributed by atoms with E-state index >= 15 is 0 Å². The summed E-state index contributed by atoms with van der Waals surface area (Å²) in [5.74, 6) is 3.34. The maximum Gasteiger partial charge on any atom is 0.410 e. The van der Waals surface area contributed by atoms with Gasteiger partial charge in [0.25, 0.3) is 0 Å². The molecule has 8 heteroatoms. The fraction of sp³-hybridized carbons (Fsp3) is 0.560. The number of amides is 2. The van der Waals surface area contributed by atoms with E-state index in [1.54, 1.807) is 15.5 Å². The predicted octanol–water partition coefficient (Wildman–Crippen LogP) is 2.37. The molecule has 2 amide bonds. The van der Waals surface area contributed by atoms with Crippen molar-refractivity contribution < 1.29 is 14.3 Å². The van der Waals surface area contributed by atoms with Crippen LogP contribution in [0.5, 0.6) is 0 Å². The van der Waals surface area contributed by atoms with Crippen LogP contribution in [-0.4, -0.2) is 45.6 Å². The summed E-state index contributed by atoms with van der Waals surface area (Å²) in [5.41, 5.74) is 7.38. The summed E-state index contributed by atoms with van der Waals surface area (Å²) in [7, 11) is 0. The Morgan fingerprint density at radius 2 is 1.97 bits per heavy atom. The highest BCUT2D eigenvalue weighted by molar-refractivity contribution is 5.81. The Balaban J connectivity index is 1.16. The number of carbonyl (C=O) groups is 2. The molecule has 0 spiro atoms. The molecule has 1 aliphatic heterocycles. The molecule has 1 aromatic carbocycles. The quantitative estimate of drug-likeness (QED) is 0.703. The van der Waals surface area contributed by atoms with Crippen molar-refractivity contribution in [2.75, 3.05) is 13.1 Å². The highest BCUT2D eigenvalue weighted by atomic mass is 16.6. The molecule has 2 aromatic rings. The number of nitrogens with one attached hydrogen (secondary N) is 1. The van der Waals surface area contributed by atoms with Crippen LogP contribution < -0.4 is 11.4 Å². The molecule has 0 radical (unpaired) electrons. The van der Waals surface area contributed by atoms with Crippen LogP contribution in [0.3, 0.4) is 0 Å². The molecule has 1 aromatic heterocycles. The number of carbonyl (C=O) groups excluding carboxylic acids is 2. The van der Waals surface area contributed by atoms with Gasteiger partial charge in [0.2, 0.25) is 5.91 Å². The molecule has 172 valence electrons. The first-order valence-electron chi connectivity index (χ1n) is 11.8. The Kier molecular flexibility index (Phi) is 4.42. The monoisotopic (exact) mass is 448 g/mol. The summed E-state index contributed by atoms with van der Waals surface area (Å²) in [6.45, 7) is 0.972. The zero-order valence-electron chi connectivity index (χ0n) is 18.5. The topological polar surface area (TPSA) is 110 Å². The van der Waals surface area contributed by atoms with E-state index in [0.29, 0.717) is 36.5 Å². The summed E-state index contributed by atoms with van der Waals surface area (Å²) < 4.78 is 7.79. The van der Waals surface area contributed by atoms with Crippen molar-refractivity contribution >= 4 is 23.0 Å². The molecule has 8 nitrogen and oxygen atoms in total. The first-order valence-corrected chi connectivity index (χ1v) is 11.8. The Labute approximate surface area is 191 Å². The van der Waals surface area contributed by atoms with Gasteiger partial charge >= 0.3 is 11.8 Å². The van der Waals surface area contributed by atoms with Crippen LogP contribution in [0.4, 0.5) is 4.79 Å². The highest BCUT2D eigenvalue weighted by Gasteiger charge is 2.59. The number of likely N-dealkylation sites (tertiary alicyclic amines) is 1. The van der Waals surface area contributed by atoms with Gasteiger partial charge in [-0.1, -0.05) is 5.92 Å². The van der Waals surface area contributed by atoms with E-state index in [-0.39, 0.29) is 41.7 Å². The van der Waals surface area contributed by atoms with E-state index < -0.39 is 5.41 Å². The lowest BCUT2D eigenvalue weighted by atomic mass is 9.48. The second-order valence-electron chi connectivity index (χ2n) is 10.5. The number of terminal acetylenes is 1. The second kappa shape index (κ2) is 7.14. The van der Waals surface area contributed by atoms with Gasteiger partial charge in [0.1, 0.15) is 6.10 Å². The molecule has 4 saturated carbocycles. The van der Waals surface area contributed by atoms with Crippen LogP contribution in [0.2, 0.25) is 0 Å². The Morgan fingerprint density at radius 3 is 2.67 bits per heavy atom. The van der Waals surface area contributed by atoms with Gasteiger partial charge in [-0.05, 0) is 74.5 Å². The molecule has 5 aliphatic rings. The largest absolute Gasteiger partial charge is 0.446 e. The third-order valence-electron chi connectivity index (χ3n) is 8.62. The summed E-state index contributed by atoms with van der Waals surface area (Å²) >= 11 is 0. The fourth-order valence-electron chi connectivity index (χ4n) is 7.36. The minimum absolute atomic E-state index is 0.118. The number of imidazole rings is 1. The number of H-pyrrole nitrogens is 1. The number of benzene rings is 1. The van der Waals surface area contributed by atoms with Crippen molar-refractivity contribution in [3.05, 3.63) is 34.2 Å². The number of rotatable bonds is 3. The van der Waals surface area contributed by atoms with Crippen LogP contribution in [-0.2, 0) is 9.53 Å². The third-order valence-corrected chi connectivity index (χ3v) is 8.62. The minimum Gasteiger partial charge on any atom is -0.446 e. The van der Waals surface area contributed by atoms with Gasteiger partial charge in [-0.25, -0.2) is 9.59 Å². The number of primary amides is 1. The molecule has 2 heterocycles. The standard InChI is InChI=1S/C25H28N4O4/c1-2-14-3-4-20-19(9-14)27-23(31)29(20)18-5-6-28(13-18)24(32)33-21-16-7-15-8-17(21)12-25(10-15,11-16)22(26)30/h1,3-4,9,15-18,21H,5-8,10-13H2,(H2,26,30)(H,27,31)/t15?,16?,17?,18-,21-,25-/m1/s1. The number of fused-ring (bicyclic) bond motifs is 1. The number of nitrogens with zero attached hydrogens (tertiary/aromatic N) is 2. The van der Waals surface area contributed by atoms with E-state index in [1.807, 2.05) is 12.1 Å². The van der Waals surface area contributed by atoms with Crippen LogP contribution in [0.25, 0.3) is 11.0 Å². The van der Waals surface area contributed by atoms with E-state index in [4.69, 9.17) is 16.9 Å². The van der Waals surface area contributed by atoms with E-state index in [9.17, 15) is 14.4 Å². The lowest BCUT2D eigenvalue weighted by Gasteiger charge is -2.58. The second-order valence-corrected chi connectivity index (χ2v) is 10.5. The molecule has 4 bridgehead atoms. The normalized spacial score (nSPS) is 34.5. The van der Waals surface area contributed by atoms with Gasteiger partial charge in [-0.3, -0.25) is 9.36 Å². The van der Waals surface area contributed by atoms with Crippen molar-refractivity contribution in [2.24, 2.45) is 28.9 Å². The fourth-order valence-corrected chi connectivity index (χ4v) is 7.36. The van der Waals surface area contributed by atoms with Crippen LogP contribution in [0.1, 0.15) is 50.1 Å². The first kappa shape index (κ1) is 20.4. The molecular formula is C25H28N4O4. The number of aromatic amines is 1. The minimum atomic E-state index is -0.395. The summed E-state index contributed by atoms with van der Waals surface area (Å²) in [5, 5.41) is 0. The first-order chi connectivity index (χ1) is 15.9. The lowest BCUT2D eigenvalue weighted by molar-refractivity contribution is -0.161. The van der Waals surface area contributed by atoms with E-state index in [2.05, 4.69) is 10.9 Å². The Hall–Kier alpha value is -3.21. The number of aromatic nitrogens is 2. The zero-order chi connectivity index (χ0) is 22.9. The molecule has 2 unspecified atom stereocenters. The summed E-state index contributed by atoms with van der Waals surface area (Å²) in [6, 6.07) is 5.34. The summed E-state index contributed by atoms with van der Waals surface area (Å²) in [6.07, 6.45) is 10.1. The van der Waals surface area contributed by atoms with E-state index in [1.165, 1.54) is 0 Å². The third kappa shape index (κ3) is 3.09. The molecule has 33 heavy (non-hydrogen) atoms. The molecule has 3 N–H and O–H groups in total. The molecule has 7 rings (SSSR count). The van der Waals surface area contributed by atoms with Gasteiger partial charge in [-0.15, -0.1) is 6.42 Å². The van der Waals surface area contributed by atoms with Crippen molar-refractivity contribution in [3.8, 4) is 12.3 Å². The average Bonchev–Trinajstić information content (AvgIpc) is 3.38. The number of hydrogen-bond acceptors (Lipinski definition) is 4. The predicted molar refractivity (Wildman–Crippen MR) is 121 cm³/mol. The van der Waals surface area contributed by atoms with Gasteiger partial charge in [0.15, 0.2) is 0 Å². The van der Waals surface area contributed by atoms with Crippen LogP contribution >= 0.6 is 0 Å². The zero-order valence-corrected chi connectivity index (χ0v) is 18.5. The van der Waals surface area contributed by atoms with Crippen molar-refractivity contribution in [3.63, 3.8) is 0 Å². The van der Waals surface area contributed by atoms with Crippen LogP contribution in [0.15, 0.2) is 23.0 Å². The smallest absolute Gasteiger partial charge is 0.410 e. The van der Waals surface area contributed by atoms with Crippen LogP contribution in [0, 0.1) is 35.5 Å². The van der Waals surface area contributed by atoms with Gasteiger partial charge in [0.05, 0.1) is 22.5 Å². The average molecular weight is 449 g/mol. The van der Waals surface area contributed by atoms with Crippen molar-refractivity contribution in [2.45, 2.75) is 50.7 Å². The Morgan fingerprint density at radius 1 is 1.21 bits per heavy atom. The van der Waals surface area contributed by atoms with Crippen molar-refractivity contribution in [1.29, 1.82) is 0 Å². The number of hydrogen-bond donors (Lipinski definition) is 2. The molecule has 5 fully saturated rings. The van der Waals surface area contributed by atoms with Gasteiger partial charge in [-0.2, -0.15) is 0 Å². The number of nitrogens with two attached hydrogens (primary N) is 1. The Bertz CT molecular complexity index is 1240. The highest BCUT2D eigenvalue weighted by Crippen LogP contribution is 2.60. The molecule has 4 aliphatic carbocycles. The SMILES string of the molecule is C#Cc1ccc2c(c1)[nH]c(=O)n2[C@@H]1CCN(C(=O)O[C@H]2C3CC4CC2C[C@](C(N)=O)(C4)C3)C1. The maximum absolute atomic E-state index is 13.1. The number of ether oxygens (including phenoxy) is 1. The van der Waals surface area contributed by atoms with E-state index in [0.717, 1.165) is 37.6 Å². The van der Waals surface area contributed by atoms with Gasteiger partial charge in [0, 0.05) is 18.7 Å². The van der Waals surface area contributed by atoms with Gasteiger partial charge < -0.3 is 20.4 Å². The maximum atomic E-state index is 13.1. The summed E-state index contributed by atoms with van der Waals surface area (Å²) in [4.78, 5) is 42.5. The lowest BCUT2D eigenvalue weighted by Crippen LogP contribution is -2.59. The molecule has 1 saturated heterocycles.